The summed E-state index contributed by atoms with van der Waals surface area (Å²) in [7, 11) is 0. The van der Waals surface area contributed by atoms with Crippen molar-refractivity contribution in [3.63, 3.8) is 0 Å². The van der Waals surface area contributed by atoms with Crippen molar-refractivity contribution in [2.24, 2.45) is 11.8 Å². The number of piperidine rings is 1. The van der Waals surface area contributed by atoms with Gasteiger partial charge in [0.15, 0.2) is 6.10 Å². The van der Waals surface area contributed by atoms with Gasteiger partial charge in [-0.15, -0.1) is 0 Å². The lowest BCUT2D eigenvalue weighted by Gasteiger charge is -2.47. The van der Waals surface area contributed by atoms with Gasteiger partial charge in [0.05, 0.1) is 11.6 Å². The average Bonchev–Trinajstić information content (AvgIpc) is 3.18. The number of aryl methyl sites for hydroxylation is 1. The third-order valence-corrected chi connectivity index (χ3v) is 8.51. The fourth-order valence-electron chi connectivity index (χ4n) is 6.91. The van der Waals surface area contributed by atoms with Crippen LogP contribution in [0.15, 0.2) is 18.2 Å². The van der Waals surface area contributed by atoms with E-state index in [4.69, 9.17) is 4.74 Å². The Bertz CT molecular complexity index is 1000. The lowest BCUT2D eigenvalue weighted by atomic mass is 9.79. The van der Waals surface area contributed by atoms with Gasteiger partial charge in [-0.25, -0.2) is 0 Å². The molecule has 1 unspecified atom stereocenters. The molecule has 0 saturated carbocycles. The normalized spacial score (nSPS) is 26.7. The van der Waals surface area contributed by atoms with E-state index in [-0.39, 0.29) is 5.91 Å². The van der Waals surface area contributed by atoms with E-state index in [1.165, 1.54) is 42.5 Å². The first-order valence-corrected chi connectivity index (χ1v) is 12.6. The highest BCUT2D eigenvalue weighted by atomic mass is 16.5. The quantitative estimate of drug-likeness (QED) is 0.753. The van der Waals surface area contributed by atoms with Crippen LogP contribution in [-0.2, 0) is 22.5 Å². The Morgan fingerprint density at radius 1 is 1.16 bits per heavy atom. The third kappa shape index (κ3) is 3.39. The lowest BCUT2D eigenvalue weighted by Crippen LogP contribution is -2.46. The van der Waals surface area contributed by atoms with Crippen molar-refractivity contribution in [1.82, 2.24) is 14.8 Å². The molecule has 5 heterocycles. The summed E-state index contributed by atoms with van der Waals surface area (Å²) in [6, 6.07) is 6.68. The number of ether oxygens (including phenoxy) is 1. The first-order valence-electron chi connectivity index (χ1n) is 12.6. The van der Waals surface area contributed by atoms with Gasteiger partial charge in [-0.1, -0.05) is 18.2 Å². The number of amides is 1. The van der Waals surface area contributed by atoms with Crippen LogP contribution in [0.1, 0.15) is 67.5 Å². The maximum absolute atomic E-state index is 12.9. The Labute approximate surface area is 189 Å². The number of rotatable bonds is 5. The van der Waals surface area contributed by atoms with Crippen LogP contribution >= 0.6 is 0 Å². The van der Waals surface area contributed by atoms with E-state index in [1.807, 2.05) is 12.1 Å². The van der Waals surface area contributed by atoms with Crippen LogP contribution in [-0.4, -0.2) is 53.3 Å². The Morgan fingerprint density at radius 3 is 2.91 bits per heavy atom. The van der Waals surface area contributed by atoms with Gasteiger partial charge in [0, 0.05) is 49.5 Å². The molecule has 0 radical (unpaired) electrons. The number of hydrogen-bond donors (Lipinski definition) is 2. The Hall–Kier alpha value is -1.89. The fourth-order valence-corrected chi connectivity index (χ4v) is 6.91. The number of carbonyl (C=O) groups is 1. The third-order valence-electron chi connectivity index (χ3n) is 8.51. The van der Waals surface area contributed by atoms with Crippen LogP contribution in [0.3, 0.4) is 0 Å². The van der Waals surface area contributed by atoms with Gasteiger partial charge in [0.1, 0.15) is 0 Å². The highest BCUT2D eigenvalue weighted by molar-refractivity contribution is 5.93. The molecule has 172 valence electrons. The van der Waals surface area contributed by atoms with Crippen LogP contribution in [0, 0.1) is 11.8 Å². The van der Waals surface area contributed by atoms with E-state index in [0.717, 1.165) is 69.0 Å². The van der Waals surface area contributed by atoms with Crippen LogP contribution in [0.2, 0.25) is 0 Å². The number of nitrogens with one attached hydrogen (secondary N) is 1. The van der Waals surface area contributed by atoms with Crippen molar-refractivity contribution >= 4 is 16.8 Å². The van der Waals surface area contributed by atoms with E-state index in [1.54, 1.807) is 0 Å². The number of carbonyl (C=O) groups excluding carboxylic acids is 1. The molecule has 2 fully saturated rings. The summed E-state index contributed by atoms with van der Waals surface area (Å²) in [5.74, 6) is 1.09. The molecule has 3 atom stereocenters. The maximum atomic E-state index is 12.9. The second-order valence-corrected chi connectivity index (χ2v) is 10.2. The lowest BCUT2D eigenvalue weighted by molar-refractivity contribution is -0.129. The molecule has 1 aromatic heterocycles. The van der Waals surface area contributed by atoms with E-state index >= 15 is 0 Å². The summed E-state index contributed by atoms with van der Waals surface area (Å²) in [6.45, 7) is 5.59. The summed E-state index contributed by atoms with van der Waals surface area (Å²) in [4.78, 5) is 15.6. The highest BCUT2D eigenvalue weighted by Gasteiger charge is 2.42. The van der Waals surface area contributed by atoms with Crippen LogP contribution < -0.4 is 5.32 Å². The van der Waals surface area contributed by atoms with Crippen molar-refractivity contribution in [2.45, 2.75) is 63.6 Å². The van der Waals surface area contributed by atoms with Crippen molar-refractivity contribution in [3.8, 4) is 0 Å². The van der Waals surface area contributed by atoms with Crippen LogP contribution in [0.25, 0.3) is 10.9 Å². The van der Waals surface area contributed by atoms with E-state index in [0.29, 0.717) is 18.5 Å². The minimum Gasteiger partial charge on any atom is -0.381 e. The fraction of sp³-hybridized carbons (Fsp3) is 0.654. The van der Waals surface area contributed by atoms with Gasteiger partial charge in [0.25, 0.3) is 5.91 Å². The first-order chi connectivity index (χ1) is 15.7. The molecule has 0 spiro atoms. The Morgan fingerprint density at radius 2 is 2.03 bits per heavy atom. The molecule has 2 N–H and O–H groups in total. The van der Waals surface area contributed by atoms with Crippen molar-refractivity contribution in [3.05, 3.63) is 35.0 Å². The SMILES string of the molecule is O=C(NCCC1CCOCC1)C(O)c1cccc2c3c4n(c12)CC[C@@H]1CCCN(CC3)[C@@H]41. The Balaban J connectivity index is 1.27. The second-order valence-electron chi connectivity index (χ2n) is 10.2. The maximum Gasteiger partial charge on any atom is 0.253 e. The molecule has 1 aromatic carbocycles. The van der Waals surface area contributed by atoms with Crippen molar-refractivity contribution in [1.29, 1.82) is 0 Å². The minimum atomic E-state index is -1.12. The molecule has 32 heavy (non-hydrogen) atoms. The average molecular weight is 438 g/mol. The van der Waals surface area contributed by atoms with Crippen molar-refractivity contribution < 1.29 is 14.6 Å². The molecule has 6 rings (SSSR count). The minimum absolute atomic E-state index is 0.274. The molecule has 0 aliphatic carbocycles. The molecule has 0 bridgehead atoms. The zero-order valence-corrected chi connectivity index (χ0v) is 18.9. The van der Waals surface area contributed by atoms with E-state index in [2.05, 4.69) is 20.9 Å². The van der Waals surface area contributed by atoms with Crippen LogP contribution in [0.5, 0.6) is 0 Å². The standard InChI is InChI=1S/C26H35N3O3/c30-25(26(31)27-11-6-17-9-15-32-16-10-17)21-5-1-4-19-20-8-13-28-12-2-3-18-7-14-29(23(19)21)24(20)22(18)28/h1,4-5,17-18,22,25,30H,2-3,6-16H2,(H,27,31)/t18-,22+,25?/m0/s1. The number of aromatic nitrogens is 1. The molecule has 2 aromatic rings. The smallest absolute Gasteiger partial charge is 0.253 e. The largest absolute Gasteiger partial charge is 0.381 e. The monoisotopic (exact) mass is 437 g/mol. The number of nitrogens with zero attached hydrogens (tertiary/aromatic N) is 2. The molecule has 1 amide bonds. The summed E-state index contributed by atoms with van der Waals surface area (Å²) in [6.07, 6.45) is 6.86. The topological polar surface area (TPSA) is 66.7 Å². The molecule has 4 aliphatic heterocycles. The zero-order chi connectivity index (χ0) is 21.7. The summed E-state index contributed by atoms with van der Waals surface area (Å²) < 4.78 is 7.88. The van der Waals surface area contributed by atoms with Gasteiger partial charge in [-0.2, -0.15) is 0 Å². The number of para-hydroxylation sites is 1. The van der Waals surface area contributed by atoms with Gasteiger partial charge in [0.2, 0.25) is 0 Å². The van der Waals surface area contributed by atoms with Gasteiger partial charge >= 0.3 is 0 Å². The zero-order valence-electron chi connectivity index (χ0n) is 18.9. The molecular formula is C26H35N3O3. The molecule has 6 heteroatoms. The number of fused-ring (bicyclic) bond motifs is 3. The highest BCUT2D eigenvalue weighted by Crippen LogP contribution is 2.49. The second kappa shape index (κ2) is 8.47. The molecule has 4 aliphatic rings. The predicted octanol–water partition coefficient (Wildman–Crippen LogP) is 3.32. The molecule has 6 nitrogen and oxygen atoms in total. The number of benzene rings is 1. The van der Waals surface area contributed by atoms with Gasteiger partial charge in [-0.05, 0) is 68.9 Å². The number of hydrogen-bond acceptors (Lipinski definition) is 4. The van der Waals surface area contributed by atoms with Crippen LogP contribution in [0.4, 0.5) is 0 Å². The molecule has 2 saturated heterocycles. The Kier molecular flexibility index (Phi) is 5.48. The first kappa shape index (κ1) is 20.7. The van der Waals surface area contributed by atoms with Gasteiger partial charge in [-0.3, -0.25) is 9.69 Å². The van der Waals surface area contributed by atoms with E-state index < -0.39 is 6.10 Å². The van der Waals surface area contributed by atoms with Gasteiger partial charge < -0.3 is 19.7 Å². The van der Waals surface area contributed by atoms with E-state index in [9.17, 15) is 9.90 Å². The van der Waals surface area contributed by atoms with Crippen molar-refractivity contribution in [2.75, 3.05) is 32.8 Å². The predicted molar refractivity (Wildman–Crippen MR) is 123 cm³/mol. The summed E-state index contributed by atoms with van der Waals surface area (Å²) in [5.41, 5.74) is 4.79. The molecular weight excluding hydrogens is 402 g/mol. The summed E-state index contributed by atoms with van der Waals surface area (Å²) >= 11 is 0. The number of aliphatic hydroxyl groups is 1. The summed E-state index contributed by atoms with van der Waals surface area (Å²) in [5, 5.41) is 15.3. The number of aliphatic hydroxyl groups excluding tert-OH is 1.